The lowest BCUT2D eigenvalue weighted by Gasteiger charge is -2.32. The molecular weight excluding hydrogens is 236 g/mol. The number of carbonyl (C=O) groups excluding carboxylic acids is 3. The number of amides is 4. The van der Waals surface area contributed by atoms with Crippen LogP contribution in [0.25, 0.3) is 0 Å². The third kappa shape index (κ3) is 2.38. The van der Waals surface area contributed by atoms with Gasteiger partial charge in [-0.1, -0.05) is 12.8 Å². The standard InChI is InChI=1S/C12H18N2O4/c1-18-7-6-14-11(16)9(8-4-2-3-5-8)10(15)13-12(14)17/h8-9H,2-7H2,1H3,(H,13,15,17). The summed E-state index contributed by atoms with van der Waals surface area (Å²) in [6, 6.07) is -0.628. The zero-order valence-corrected chi connectivity index (χ0v) is 10.5. The highest BCUT2D eigenvalue weighted by Crippen LogP contribution is 2.33. The third-order valence-electron chi connectivity index (χ3n) is 3.68. The molecule has 2 rings (SSSR count). The minimum Gasteiger partial charge on any atom is -0.383 e. The van der Waals surface area contributed by atoms with Gasteiger partial charge in [0, 0.05) is 7.11 Å². The van der Waals surface area contributed by atoms with Crippen molar-refractivity contribution in [1.29, 1.82) is 0 Å². The lowest BCUT2D eigenvalue weighted by atomic mass is 9.87. The molecule has 1 aliphatic carbocycles. The summed E-state index contributed by atoms with van der Waals surface area (Å²) >= 11 is 0. The number of ether oxygens (including phenoxy) is 1. The maximum Gasteiger partial charge on any atom is 0.330 e. The smallest absolute Gasteiger partial charge is 0.330 e. The van der Waals surface area contributed by atoms with Crippen LogP contribution >= 0.6 is 0 Å². The highest BCUT2D eigenvalue weighted by molar-refractivity contribution is 6.16. The molecule has 1 saturated heterocycles. The normalized spacial score (nSPS) is 25.7. The quantitative estimate of drug-likeness (QED) is 0.742. The molecule has 1 N–H and O–H groups in total. The van der Waals surface area contributed by atoms with Gasteiger partial charge in [-0.05, 0) is 18.8 Å². The van der Waals surface area contributed by atoms with E-state index in [0.717, 1.165) is 30.6 Å². The highest BCUT2D eigenvalue weighted by Gasteiger charge is 2.44. The van der Waals surface area contributed by atoms with Gasteiger partial charge in [-0.3, -0.25) is 19.8 Å². The monoisotopic (exact) mass is 254 g/mol. The Bertz CT molecular complexity index is 363. The zero-order chi connectivity index (χ0) is 13.1. The Hall–Kier alpha value is -1.43. The number of barbiturate groups is 1. The summed E-state index contributed by atoms with van der Waals surface area (Å²) in [4.78, 5) is 36.7. The lowest BCUT2D eigenvalue weighted by Crippen LogP contribution is -2.60. The first kappa shape index (κ1) is 13.0. The summed E-state index contributed by atoms with van der Waals surface area (Å²) in [5, 5.41) is 2.27. The fraction of sp³-hybridized carbons (Fsp3) is 0.750. The number of imide groups is 2. The molecule has 2 aliphatic rings. The minimum atomic E-state index is -0.693. The Morgan fingerprint density at radius 1 is 1.28 bits per heavy atom. The van der Waals surface area contributed by atoms with E-state index in [1.807, 2.05) is 0 Å². The Labute approximate surface area is 106 Å². The Balaban J connectivity index is 2.11. The van der Waals surface area contributed by atoms with E-state index >= 15 is 0 Å². The molecular formula is C12H18N2O4. The molecule has 1 aliphatic heterocycles. The van der Waals surface area contributed by atoms with Crippen molar-refractivity contribution in [3.8, 4) is 0 Å². The zero-order valence-electron chi connectivity index (χ0n) is 10.5. The van der Waals surface area contributed by atoms with Crippen LogP contribution in [0.4, 0.5) is 4.79 Å². The lowest BCUT2D eigenvalue weighted by molar-refractivity contribution is -0.145. The number of carbonyl (C=O) groups is 3. The van der Waals surface area contributed by atoms with E-state index < -0.39 is 17.9 Å². The maximum atomic E-state index is 12.2. The Morgan fingerprint density at radius 3 is 2.56 bits per heavy atom. The number of nitrogens with zero attached hydrogens (tertiary/aromatic N) is 1. The number of rotatable bonds is 4. The second-order valence-electron chi connectivity index (χ2n) is 4.80. The van der Waals surface area contributed by atoms with Crippen LogP contribution in [0, 0.1) is 11.8 Å². The number of urea groups is 1. The molecule has 6 nitrogen and oxygen atoms in total. The van der Waals surface area contributed by atoms with E-state index in [4.69, 9.17) is 4.74 Å². The Morgan fingerprint density at radius 2 is 1.94 bits per heavy atom. The van der Waals surface area contributed by atoms with E-state index in [9.17, 15) is 14.4 Å². The second kappa shape index (κ2) is 5.48. The SMILES string of the molecule is COCCN1C(=O)NC(=O)C(C2CCCC2)C1=O. The fourth-order valence-corrected chi connectivity index (χ4v) is 2.73. The van der Waals surface area contributed by atoms with E-state index in [2.05, 4.69) is 5.32 Å². The number of nitrogens with one attached hydrogen (secondary N) is 1. The summed E-state index contributed by atoms with van der Waals surface area (Å²) in [5.41, 5.74) is 0. The van der Waals surface area contributed by atoms with Crippen molar-refractivity contribution in [2.45, 2.75) is 25.7 Å². The van der Waals surface area contributed by atoms with E-state index in [-0.39, 0.29) is 25.0 Å². The molecule has 18 heavy (non-hydrogen) atoms. The van der Waals surface area contributed by atoms with Crippen molar-refractivity contribution in [1.82, 2.24) is 10.2 Å². The molecule has 1 atom stereocenters. The van der Waals surface area contributed by atoms with Crippen LogP contribution in [0.15, 0.2) is 0 Å². The molecule has 1 saturated carbocycles. The van der Waals surface area contributed by atoms with E-state index in [1.165, 1.54) is 7.11 Å². The second-order valence-corrected chi connectivity index (χ2v) is 4.80. The molecule has 2 fully saturated rings. The van der Waals surface area contributed by atoms with Crippen molar-refractivity contribution in [2.24, 2.45) is 11.8 Å². The van der Waals surface area contributed by atoms with Crippen LogP contribution in [0.2, 0.25) is 0 Å². The van der Waals surface area contributed by atoms with Crippen molar-refractivity contribution in [3.05, 3.63) is 0 Å². The number of hydrogen-bond donors (Lipinski definition) is 1. The summed E-state index contributed by atoms with van der Waals surface area (Å²) in [7, 11) is 1.51. The summed E-state index contributed by atoms with van der Waals surface area (Å²) in [6.45, 7) is 0.475. The summed E-state index contributed by atoms with van der Waals surface area (Å²) < 4.78 is 4.87. The van der Waals surface area contributed by atoms with Crippen molar-refractivity contribution >= 4 is 17.8 Å². The molecule has 0 radical (unpaired) electrons. The highest BCUT2D eigenvalue weighted by atomic mass is 16.5. The molecule has 0 spiro atoms. The predicted octanol–water partition coefficient (Wildman–Crippen LogP) is 0.518. The van der Waals surface area contributed by atoms with Gasteiger partial charge in [0.15, 0.2) is 0 Å². The van der Waals surface area contributed by atoms with Gasteiger partial charge < -0.3 is 4.74 Å². The molecule has 0 aromatic heterocycles. The molecule has 1 unspecified atom stereocenters. The molecule has 0 aromatic rings. The van der Waals surface area contributed by atoms with Crippen LogP contribution in [0.5, 0.6) is 0 Å². The van der Waals surface area contributed by atoms with Crippen LogP contribution in [0.3, 0.4) is 0 Å². The summed E-state index contributed by atoms with van der Waals surface area (Å²) in [5.74, 6) is -1.42. The van der Waals surface area contributed by atoms with Crippen molar-refractivity contribution in [3.63, 3.8) is 0 Å². The first-order valence-electron chi connectivity index (χ1n) is 6.30. The molecule has 1 heterocycles. The van der Waals surface area contributed by atoms with Gasteiger partial charge in [-0.15, -0.1) is 0 Å². The topological polar surface area (TPSA) is 75.7 Å². The fourth-order valence-electron chi connectivity index (χ4n) is 2.73. The first-order chi connectivity index (χ1) is 8.65. The minimum absolute atomic E-state index is 0.0793. The van der Waals surface area contributed by atoms with Gasteiger partial charge in [0.25, 0.3) is 0 Å². The maximum absolute atomic E-state index is 12.2. The van der Waals surface area contributed by atoms with Gasteiger partial charge in [-0.2, -0.15) is 0 Å². The van der Waals surface area contributed by atoms with Crippen molar-refractivity contribution < 1.29 is 19.1 Å². The molecule has 0 bridgehead atoms. The van der Waals surface area contributed by atoms with Crippen LogP contribution in [0.1, 0.15) is 25.7 Å². The van der Waals surface area contributed by atoms with Crippen molar-refractivity contribution in [2.75, 3.05) is 20.3 Å². The predicted molar refractivity (Wildman–Crippen MR) is 62.6 cm³/mol. The average Bonchev–Trinajstić information content (AvgIpc) is 2.82. The van der Waals surface area contributed by atoms with Crippen LogP contribution < -0.4 is 5.32 Å². The Kier molecular flexibility index (Phi) is 3.96. The molecule has 6 heteroatoms. The van der Waals surface area contributed by atoms with Gasteiger partial charge >= 0.3 is 6.03 Å². The first-order valence-corrected chi connectivity index (χ1v) is 6.30. The number of methoxy groups -OCH3 is 1. The van der Waals surface area contributed by atoms with Gasteiger partial charge in [0.1, 0.15) is 5.92 Å². The van der Waals surface area contributed by atoms with Crippen LogP contribution in [-0.4, -0.2) is 43.0 Å². The largest absolute Gasteiger partial charge is 0.383 e. The molecule has 4 amide bonds. The van der Waals surface area contributed by atoms with Crippen LogP contribution in [-0.2, 0) is 14.3 Å². The van der Waals surface area contributed by atoms with Gasteiger partial charge in [-0.25, -0.2) is 4.79 Å². The molecule has 0 aromatic carbocycles. The average molecular weight is 254 g/mol. The van der Waals surface area contributed by atoms with E-state index in [1.54, 1.807) is 0 Å². The van der Waals surface area contributed by atoms with E-state index in [0.29, 0.717) is 0 Å². The number of hydrogen-bond acceptors (Lipinski definition) is 4. The third-order valence-corrected chi connectivity index (χ3v) is 3.68. The van der Waals surface area contributed by atoms with Gasteiger partial charge in [0.2, 0.25) is 11.8 Å². The molecule has 100 valence electrons. The summed E-state index contributed by atoms with van der Waals surface area (Å²) in [6.07, 6.45) is 3.87. The van der Waals surface area contributed by atoms with Gasteiger partial charge in [0.05, 0.1) is 13.2 Å².